The maximum Gasteiger partial charge on any atom is 0.136 e. The van der Waals surface area contributed by atoms with Gasteiger partial charge in [0.05, 0.1) is 5.69 Å². The summed E-state index contributed by atoms with van der Waals surface area (Å²) in [5.41, 5.74) is 12.2. The largest absolute Gasteiger partial charge is 0.456 e. The summed E-state index contributed by atoms with van der Waals surface area (Å²) in [5.74, 6) is 0. The van der Waals surface area contributed by atoms with Gasteiger partial charge in [-0.25, -0.2) is 0 Å². The molecule has 0 aliphatic carbocycles. The summed E-state index contributed by atoms with van der Waals surface area (Å²) in [6.45, 7) is 0. The van der Waals surface area contributed by atoms with E-state index >= 15 is 0 Å². The fraction of sp³-hybridized carbons (Fsp3) is 0. The van der Waals surface area contributed by atoms with Crippen LogP contribution in [0.1, 0.15) is 0 Å². The third kappa shape index (κ3) is 4.83. The first-order chi connectivity index (χ1) is 23.8. The summed E-state index contributed by atoms with van der Waals surface area (Å²) < 4.78 is 6.21. The average Bonchev–Trinajstić information content (AvgIpc) is 3.55. The highest BCUT2D eigenvalue weighted by atomic mass is 16.3. The Balaban J connectivity index is 1.21. The van der Waals surface area contributed by atoms with Crippen LogP contribution in [0.25, 0.3) is 66.1 Å². The van der Waals surface area contributed by atoms with Crippen LogP contribution in [0.4, 0.5) is 17.1 Å². The lowest BCUT2D eigenvalue weighted by atomic mass is 9.97. The summed E-state index contributed by atoms with van der Waals surface area (Å²) in [5, 5.41) is 4.77. The molecule has 0 spiro atoms. The van der Waals surface area contributed by atoms with Crippen LogP contribution >= 0.6 is 0 Å². The van der Waals surface area contributed by atoms with Crippen molar-refractivity contribution in [2.75, 3.05) is 4.90 Å². The van der Waals surface area contributed by atoms with Crippen LogP contribution in [-0.2, 0) is 0 Å². The zero-order valence-electron chi connectivity index (χ0n) is 26.3. The maximum atomic E-state index is 6.21. The highest BCUT2D eigenvalue weighted by molar-refractivity contribution is 6.12. The Bertz CT molecular complexity index is 2560. The molecule has 2 heteroatoms. The average molecular weight is 614 g/mol. The maximum absolute atomic E-state index is 6.21. The van der Waals surface area contributed by atoms with Crippen molar-refractivity contribution in [3.8, 4) is 33.4 Å². The fourth-order valence-corrected chi connectivity index (χ4v) is 7.05. The standard InChI is InChI=1S/C46H31NO/c1-2-13-33(14-3-1)40-20-6-8-24-43(40)47(37-18-10-17-35(31-37)39-22-11-16-32-15-4-5-19-38(32)39)36-29-27-34(28-30-36)41-23-12-26-45-46(41)42-21-7-9-25-44(42)48-45/h1-31H. The first-order valence-electron chi connectivity index (χ1n) is 16.4. The van der Waals surface area contributed by atoms with Crippen LogP contribution < -0.4 is 4.90 Å². The Morgan fingerprint density at radius 1 is 0.354 bits per heavy atom. The van der Waals surface area contributed by atoms with Gasteiger partial charge < -0.3 is 9.32 Å². The van der Waals surface area contributed by atoms with E-state index in [9.17, 15) is 0 Å². The first kappa shape index (κ1) is 27.9. The molecule has 2 nitrogen and oxygen atoms in total. The van der Waals surface area contributed by atoms with Gasteiger partial charge in [0.25, 0.3) is 0 Å². The number of benzene rings is 8. The molecule has 0 aliphatic rings. The predicted octanol–water partition coefficient (Wildman–Crippen LogP) is 13.2. The summed E-state index contributed by atoms with van der Waals surface area (Å²) in [7, 11) is 0. The number of furan rings is 1. The van der Waals surface area contributed by atoms with Crippen molar-refractivity contribution in [3.63, 3.8) is 0 Å². The quantitative estimate of drug-likeness (QED) is 0.185. The smallest absolute Gasteiger partial charge is 0.136 e. The van der Waals surface area contributed by atoms with Crippen molar-refractivity contribution in [2.24, 2.45) is 0 Å². The lowest BCUT2D eigenvalue weighted by molar-refractivity contribution is 0.669. The first-order valence-corrected chi connectivity index (χ1v) is 16.4. The molecule has 0 radical (unpaired) electrons. The van der Waals surface area contributed by atoms with Crippen LogP contribution in [-0.4, -0.2) is 0 Å². The Kier molecular flexibility index (Phi) is 6.84. The minimum absolute atomic E-state index is 0.904. The molecular formula is C46H31NO. The van der Waals surface area contributed by atoms with E-state index in [1.54, 1.807) is 0 Å². The highest BCUT2D eigenvalue weighted by Crippen LogP contribution is 2.43. The summed E-state index contributed by atoms with van der Waals surface area (Å²) in [6.07, 6.45) is 0. The van der Waals surface area contributed by atoms with Crippen molar-refractivity contribution >= 4 is 49.8 Å². The van der Waals surface area contributed by atoms with Gasteiger partial charge in [0.15, 0.2) is 0 Å². The Morgan fingerprint density at radius 2 is 0.958 bits per heavy atom. The van der Waals surface area contributed by atoms with E-state index in [0.717, 1.165) is 50.1 Å². The number of nitrogens with zero attached hydrogens (tertiary/aromatic N) is 1. The molecule has 0 aliphatic heterocycles. The van der Waals surface area contributed by atoms with E-state index in [2.05, 4.69) is 181 Å². The Morgan fingerprint density at radius 3 is 1.85 bits per heavy atom. The van der Waals surface area contributed by atoms with E-state index in [1.165, 1.54) is 33.0 Å². The zero-order valence-corrected chi connectivity index (χ0v) is 26.3. The van der Waals surface area contributed by atoms with Crippen LogP contribution in [0, 0.1) is 0 Å². The van der Waals surface area contributed by atoms with Crippen molar-refractivity contribution in [1.82, 2.24) is 0 Å². The van der Waals surface area contributed by atoms with Crippen LogP contribution in [0.5, 0.6) is 0 Å². The van der Waals surface area contributed by atoms with Gasteiger partial charge in [0.1, 0.15) is 11.2 Å². The van der Waals surface area contributed by atoms with Crippen LogP contribution in [0.15, 0.2) is 192 Å². The topological polar surface area (TPSA) is 16.4 Å². The molecule has 1 heterocycles. The Hall–Kier alpha value is -6.38. The second kappa shape index (κ2) is 11.8. The lowest BCUT2D eigenvalue weighted by Crippen LogP contribution is -2.11. The molecule has 0 saturated carbocycles. The second-order valence-electron chi connectivity index (χ2n) is 12.1. The molecule has 0 unspecified atom stereocenters. The molecule has 9 rings (SSSR count). The number of hydrogen-bond donors (Lipinski definition) is 0. The number of fused-ring (bicyclic) bond motifs is 4. The van der Waals surface area contributed by atoms with Crippen molar-refractivity contribution in [3.05, 3.63) is 188 Å². The minimum Gasteiger partial charge on any atom is -0.456 e. The molecule has 0 amide bonds. The SMILES string of the molecule is c1ccc(-c2ccccc2N(c2ccc(-c3cccc4oc5ccccc5c34)cc2)c2cccc(-c3cccc4ccccc34)c2)cc1. The van der Waals surface area contributed by atoms with Crippen LogP contribution in [0.2, 0.25) is 0 Å². The number of hydrogen-bond acceptors (Lipinski definition) is 2. The normalized spacial score (nSPS) is 11.3. The molecule has 0 saturated heterocycles. The minimum atomic E-state index is 0.904. The van der Waals surface area contributed by atoms with Gasteiger partial charge in [-0.2, -0.15) is 0 Å². The third-order valence-electron chi connectivity index (χ3n) is 9.27. The lowest BCUT2D eigenvalue weighted by Gasteiger charge is -2.28. The predicted molar refractivity (Wildman–Crippen MR) is 202 cm³/mol. The summed E-state index contributed by atoms with van der Waals surface area (Å²) in [6, 6.07) is 66.9. The van der Waals surface area contributed by atoms with E-state index in [-0.39, 0.29) is 0 Å². The monoisotopic (exact) mass is 613 g/mol. The molecule has 1 aromatic heterocycles. The van der Waals surface area contributed by atoms with Crippen molar-refractivity contribution in [1.29, 1.82) is 0 Å². The number of anilines is 3. The molecule has 226 valence electrons. The summed E-state index contributed by atoms with van der Waals surface area (Å²) in [4.78, 5) is 2.38. The van der Waals surface area contributed by atoms with E-state index in [0.29, 0.717) is 0 Å². The van der Waals surface area contributed by atoms with Gasteiger partial charge in [0.2, 0.25) is 0 Å². The van der Waals surface area contributed by atoms with E-state index in [4.69, 9.17) is 4.42 Å². The second-order valence-corrected chi connectivity index (χ2v) is 12.1. The fourth-order valence-electron chi connectivity index (χ4n) is 7.05. The van der Waals surface area contributed by atoms with Gasteiger partial charge in [0, 0.05) is 27.7 Å². The van der Waals surface area contributed by atoms with E-state index < -0.39 is 0 Å². The van der Waals surface area contributed by atoms with Gasteiger partial charge in [-0.15, -0.1) is 0 Å². The van der Waals surface area contributed by atoms with Gasteiger partial charge >= 0.3 is 0 Å². The zero-order chi connectivity index (χ0) is 31.9. The highest BCUT2D eigenvalue weighted by Gasteiger charge is 2.19. The van der Waals surface area contributed by atoms with E-state index in [1.807, 2.05) is 12.1 Å². The Labute approximate surface area is 279 Å². The third-order valence-corrected chi connectivity index (χ3v) is 9.27. The molecule has 8 aromatic carbocycles. The number of rotatable bonds is 6. The molecule has 48 heavy (non-hydrogen) atoms. The molecule has 0 N–H and O–H groups in total. The molecular weight excluding hydrogens is 583 g/mol. The number of para-hydroxylation sites is 2. The van der Waals surface area contributed by atoms with Gasteiger partial charge in [-0.05, 0) is 81.1 Å². The molecule has 9 aromatic rings. The van der Waals surface area contributed by atoms with Gasteiger partial charge in [-0.1, -0.05) is 146 Å². The molecule has 0 bridgehead atoms. The summed E-state index contributed by atoms with van der Waals surface area (Å²) >= 11 is 0. The molecule has 0 atom stereocenters. The molecule has 0 fully saturated rings. The van der Waals surface area contributed by atoms with Gasteiger partial charge in [-0.3, -0.25) is 0 Å². The van der Waals surface area contributed by atoms with Crippen LogP contribution in [0.3, 0.4) is 0 Å². The van der Waals surface area contributed by atoms with Crippen molar-refractivity contribution in [2.45, 2.75) is 0 Å². The van der Waals surface area contributed by atoms with Crippen molar-refractivity contribution < 1.29 is 4.42 Å².